The number of rotatable bonds is 1. The van der Waals surface area contributed by atoms with Crippen molar-refractivity contribution in [3.8, 4) is 5.75 Å². The highest BCUT2D eigenvalue weighted by Crippen LogP contribution is 2.33. The first-order chi connectivity index (χ1) is 10.2. The molecule has 3 rings (SSSR count). The van der Waals surface area contributed by atoms with Gasteiger partial charge in [-0.2, -0.15) is 0 Å². The minimum Gasteiger partial charge on any atom is -0.530 e. The Morgan fingerprint density at radius 3 is 2.62 bits per heavy atom. The Bertz CT molecular complexity index is 552. The van der Waals surface area contributed by atoms with Crippen LogP contribution in [-0.4, -0.2) is 54.5 Å². The molecule has 1 fully saturated rings. The smallest absolute Gasteiger partial charge is 0.158 e. The summed E-state index contributed by atoms with van der Waals surface area (Å²) >= 11 is 0. The highest BCUT2D eigenvalue weighted by atomic mass is 16.5. The van der Waals surface area contributed by atoms with Crippen molar-refractivity contribution in [3.63, 3.8) is 0 Å². The number of para-hydroxylation sites is 1. The van der Waals surface area contributed by atoms with Crippen molar-refractivity contribution in [1.82, 2.24) is 9.80 Å². The zero-order valence-electron chi connectivity index (χ0n) is 11.7. The van der Waals surface area contributed by atoms with E-state index in [0.29, 0.717) is 39.2 Å². The molecule has 6 heteroatoms. The second kappa shape index (κ2) is 5.73. The van der Waals surface area contributed by atoms with Crippen LogP contribution in [0.4, 0.5) is 4.79 Å². The number of carbonyl (C=O) groups is 2. The van der Waals surface area contributed by atoms with Gasteiger partial charge in [0.15, 0.2) is 5.78 Å². The number of ketones is 1. The lowest BCUT2D eigenvalue weighted by molar-refractivity contribution is -0.267. The van der Waals surface area contributed by atoms with Gasteiger partial charge >= 0.3 is 0 Å². The standard InChI is InChI=1S/C15H18N2O4/c18-12-5-10-21-13-4-2-1-3-11(13)14(12)16-6-8-17(9-7-16)15(19)20/h1-4,14H,5-10H2,(H,19,20)/p-1. The fraction of sp³-hybridized carbons (Fsp3) is 0.467. The van der Waals surface area contributed by atoms with E-state index < -0.39 is 6.09 Å². The number of carbonyl (C=O) groups excluding carboxylic acids is 2. The van der Waals surface area contributed by atoms with E-state index in [4.69, 9.17) is 4.74 Å². The quantitative estimate of drug-likeness (QED) is 0.730. The van der Waals surface area contributed by atoms with Gasteiger partial charge < -0.3 is 19.5 Å². The largest absolute Gasteiger partial charge is 0.530 e. The van der Waals surface area contributed by atoms with E-state index in [1.165, 1.54) is 4.90 Å². The summed E-state index contributed by atoms with van der Waals surface area (Å²) in [6.45, 7) is 2.19. The molecule has 1 aromatic rings. The lowest BCUT2D eigenvalue weighted by Crippen LogP contribution is -2.54. The van der Waals surface area contributed by atoms with Gasteiger partial charge in [-0.05, 0) is 6.07 Å². The molecule has 1 amide bonds. The predicted molar refractivity (Wildman–Crippen MR) is 72.8 cm³/mol. The van der Waals surface area contributed by atoms with Crippen LogP contribution in [0, 0.1) is 0 Å². The molecule has 0 saturated carbocycles. The van der Waals surface area contributed by atoms with E-state index in [-0.39, 0.29) is 11.8 Å². The molecule has 0 spiro atoms. The number of piperazine rings is 1. The van der Waals surface area contributed by atoms with Crippen molar-refractivity contribution in [2.45, 2.75) is 12.5 Å². The third kappa shape index (κ3) is 2.71. The fourth-order valence-electron chi connectivity index (χ4n) is 2.97. The topological polar surface area (TPSA) is 72.9 Å². The number of benzene rings is 1. The van der Waals surface area contributed by atoms with Crippen LogP contribution >= 0.6 is 0 Å². The summed E-state index contributed by atoms with van der Waals surface area (Å²) in [5.41, 5.74) is 0.877. The molecule has 0 aliphatic carbocycles. The lowest BCUT2D eigenvalue weighted by atomic mass is 9.98. The monoisotopic (exact) mass is 289 g/mol. The van der Waals surface area contributed by atoms with Crippen molar-refractivity contribution in [2.24, 2.45) is 0 Å². The molecule has 1 unspecified atom stereocenters. The summed E-state index contributed by atoms with van der Waals surface area (Å²) in [5.74, 6) is 0.873. The average molecular weight is 289 g/mol. The molecule has 2 aliphatic heterocycles. The van der Waals surface area contributed by atoms with Crippen molar-refractivity contribution in [1.29, 1.82) is 0 Å². The van der Waals surface area contributed by atoms with Gasteiger partial charge in [0.05, 0.1) is 12.6 Å². The Hall–Kier alpha value is -2.08. The molecule has 21 heavy (non-hydrogen) atoms. The van der Waals surface area contributed by atoms with E-state index in [1.54, 1.807) is 0 Å². The number of carboxylic acid groups (broad SMARTS) is 1. The third-order valence-electron chi connectivity index (χ3n) is 4.06. The fourth-order valence-corrected chi connectivity index (χ4v) is 2.97. The van der Waals surface area contributed by atoms with Crippen LogP contribution < -0.4 is 9.84 Å². The molecule has 0 N–H and O–H groups in total. The maximum Gasteiger partial charge on any atom is 0.158 e. The number of hydrogen-bond acceptors (Lipinski definition) is 5. The zero-order valence-corrected chi connectivity index (χ0v) is 11.7. The maximum atomic E-state index is 12.4. The van der Waals surface area contributed by atoms with Gasteiger partial charge in [0, 0.05) is 38.2 Å². The first kappa shape index (κ1) is 13.9. The summed E-state index contributed by atoms with van der Waals surface area (Å²) in [6, 6.07) is 7.23. The molecule has 6 nitrogen and oxygen atoms in total. The van der Waals surface area contributed by atoms with Crippen LogP contribution in [0.15, 0.2) is 24.3 Å². The number of amides is 1. The van der Waals surface area contributed by atoms with E-state index in [9.17, 15) is 14.7 Å². The highest BCUT2D eigenvalue weighted by molar-refractivity contribution is 5.86. The van der Waals surface area contributed by atoms with Crippen molar-refractivity contribution >= 4 is 11.9 Å². The Kier molecular flexibility index (Phi) is 3.79. The molecule has 1 atom stereocenters. The van der Waals surface area contributed by atoms with Crippen LogP contribution in [0.25, 0.3) is 0 Å². The zero-order chi connectivity index (χ0) is 14.8. The van der Waals surface area contributed by atoms with Gasteiger partial charge in [-0.15, -0.1) is 0 Å². The Morgan fingerprint density at radius 2 is 1.90 bits per heavy atom. The number of hydrogen-bond donors (Lipinski definition) is 0. The molecule has 0 bridgehead atoms. The van der Waals surface area contributed by atoms with E-state index >= 15 is 0 Å². The third-order valence-corrected chi connectivity index (χ3v) is 4.06. The first-order valence-electron chi connectivity index (χ1n) is 7.11. The predicted octanol–water partition coefficient (Wildman–Crippen LogP) is 0.0402. The number of fused-ring (bicyclic) bond motifs is 1. The number of ether oxygens (including phenoxy) is 1. The SMILES string of the molecule is O=C1CCOc2ccccc2C1N1CCN(C(=O)[O-])CC1. The summed E-state index contributed by atoms with van der Waals surface area (Å²) in [4.78, 5) is 26.6. The molecule has 1 saturated heterocycles. The first-order valence-corrected chi connectivity index (χ1v) is 7.11. The Labute approximate surface area is 122 Å². The van der Waals surface area contributed by atoms with Crippen LogP contribution in [0.1, 0.15) is 18.0 Å². The van der Waals surface area contributed by atoms with Gasteiger partial charge in [-0.25, -0.2) is 0 Å². The lowest BCUT2D eigenvalue weighted by Gasteiger charge is -2.39. The molecule has 1 aromatic carbocycles. The van der Waals surface area contributed by atoms with E-state index in [2.05, 4.69) is 0 Å². The van der Waals surface area contributed by atoms with E-state index in [0.717, 1.165) is 11.3 Å². The van der Waals surface area contributed by atoms with Crippen molar-refractivity contribution < 1.29 is 19.4 Å². The van der Waals surface area contributed by atoms with E-state index in [1.807, 2.05) is 29.2 Å². The normalized spacial score (nSPS) is 23.1. The van der Waals surface area contributed by atoms with Crippen molar-refractivity contribution in [2.75, 3.05) is 32.8 Å². The van der Waals surface area contributed by atoms with Gasteiger partial charge in [-0.1, -0.05) is 18.2 Å². The maximum absolute atomic E-state index is 12.4. The minimum absolute atomic E-state index is 0.127. The van der Waals surface area contributed by atoms with Crippen molar-refractivity contribution in [3.05, 3.63) is 29.8 Å². The van der Waals surface area contributed by atoms with Crippen LogP contribution in [0.3, 0.4) is 0 Å². The Balaban J connectivity index is 1.83. The van der Waals surface area contributed by atoms with Gasteiger partial charge in [0.25, 0.3) is 0 Å². The second-order valence-electron chi connectivity index (χ2n) is 5.29. The number of Topliss-reactive ketones (excluding diaryl/α,β-unsaturated/α-hetero) is 1. The molecular formula is C15H17N2O4-. The summed E-state index contributed by atoms with van der Waals surface area (Å²) < 4.78 is 5.64. The molecule has 112 valence electrons. The second-order valence-corrected chi connectivity index (χ2v) is 5.29. The van der Waals surface area contributed by atoms with Gasteiger partial charge in [0.2, 0.25) is 0 Å². The van der Waals surface area contributed by atoms with Crippen LogP contribution in [0.2, 0.25) is 0 Å². The molecule has 0 radical (unpaired) electrons. The molecule has 0 aromatic heterocycles. The van der Waals surface area contributed by atoms with Gasteiger partial charge in [-0.3, -0.25) is 9.69 Å². The summed E-state index contributed by atoms with van der Waals surface area (Å²) in [5, 5.41) is 10.9. The van der Waals surface area contributed by atoms with Crippen LogP contribution in [0.5, 0.6) is 5.75 Å². The molecule has 2 heterocycles. The van der Waals surface area contributed by atoms with Gasteiger partial charge in [0.1, 0.15) is 11.8 Å². The molecular weight excluding hydrogens is 272 g/mol. The summed E-state index contributed by atoms with van der Waals surface area (Å²) in [7, 11) is 0. The number of nitrogens with zero attached hydrogens (tertiary/aromatic N) is 2. The molecule has 2 aliphatic rings. The Morgan fingerprint density at radius 1 is 1.19 bits per heavy atom. The minimum atomic E-state index is -1.15. The summed E-state index contributed by atoms with van der Waals surface area (Å²) in [6.07, 6.45) is -0.773. The highest BCUT2D eigenvalue weighted by Gasteiger charge is 2.33. The van der Waals surface area contributed by atoms with Crippen LogP contribution in [-0.2, 0) is 4.79 Å². The average Bonchev–Trinajstić information content (AvgIpc) is 2.65.